The minimum absolute atomic E-state index is 0.0885. The van der Waals surface area contributed by atoms with Gasteiger partial charge in [0.25, 0.3) is 11.5 Å². The number of hydrogen-bond donors (Lipinski definition) is 2. The van der Waals surface area contributed by atoms with Crippen LogP contribution < -0.4 is 10.9 Å². The van der Waals surface area contributed by atoms with Gasteiger partial charge in [-0.25, -0.2) is 4.98 Å². The topological polar surface area (TPSA) is 88.5 Å². The maximum absolute atomic E-state index is 12.9. The van der Waals surface area contributed by atoms with Gasteiger partial charge in [-0.1, -0.05) is 32.9 Å². The summed E-state index contributed by atoms with van der Waals surface area (Å²) in [4.78, 5) is 29.8. The van der Waals surface area contributed by atoms with E-state index >= 15 is 0 Å². The largest absolute Gasteiger partial charge is 0.365 e. The second-order valence-electron chi connectivity index (χ2n) is 9.37. The standard InChI is InChI=1S/C22H24N6OS/c1-11-14-8-12(22(14,2)3)9-15(11)25-19-17-18(24-10-23-17)26-21(27-19)28-20(29)13-6-4-5-7-16(13)30-28/h4-7,10-12,14-15H,8-9H2,1-3H3,(H2,23,24,25,26,27)/t11?,12-,14+,15?/m1/s1. The first-order valence-corrected chi connectivity index (χ1v) is 11.3. The monoisotopic (exact) mass is 420 g/mol. The normalized spacial score (nSPS) is 27.3. The van der Waals surface area contributed by atoms with Crippen LogP contribution >= 0.6 is 11.5 Å². The number of aromatic nitrogens is 5. The third-order valence-electron chi connectivity index (χ3n) is 7.62. The average Bonchev–Trinajstić information content (AvgIpc) is 3.34. The fraction of sp³-hybridized carbons (Fsp3) is 0.455. The van der Waals surface area contributed by atoms with Crippen molar-refractivity contribution in [3.63, 3.8) is 0 Å². The minimum Gasteiger partial charge on any atom is -0.365 e. The molecule has 3 aliphatic rings. The van der Waals surface area contributed by atoms with Crippen molar-refractivity contribution in [2.45, 2.75) is 39.7 Å². The lowest BCUT2D eigenvalue weighted by Gasteiger charge is -2.62. The predicted octanol–water partition coefficient (Wildman–Crippen LogP) is 4.20. The van der Waals surface area contributed by atoms with E-state index in [0.29, 0.717) is 40.2 Å². The molecule has 3 aliphatic carbocycles. The molecular formula is C22H24N6OS. The van der Waals surface area contributed by atoms with E-state index in [1.807, 2.05) is 24.3 Å². The van der Waals surface area contributed by atoms with Crippen LogP contribution in [0.15, 0.2) is 35.4 Å². The Bertz CT molecular complexity index is 1330. The Morgan fingerprint density at radius 3 is 2.83 bits per heavy atom. The SMILES string of the molecule is CC1C(Nc2nc(-n3sc4ccccc4c3=O)nc3[nH]cnc23)C[C@H]2C[C@@H]1C2(C)C. The highest BCUT2D eigenvalue weighted by atomic mass is 32.1. The zero-order valence-corrected chi connectivity index (χ0v) is 18.0. The maximum atomic E-state index is 12.9. The van der Waals surface area contributed by atoms with Crippen molar-refractivity contribution >= 4 is 38.6 Å². The second-order valence-corrected chi connectivity index (χ2v) is 10.4. The van der Waals surface area contributed by atoms with Gasteiger partial charge in [-0.05, 0) is 59.7 Å². The van der Waals surface area contributed by atoms with E-state index in [-0.39, 0.29) is 5.56 Å². The van der Waals surface area contributed by atoms with Crippen molar-refractivity contribution in [1.29, 1.82) is 0 Å². The first-order chi connectivity index (χ1) is 14.4. The third kappa shape index (κ3) is 2.43. The minimum atomic E-state index is -0.0885. The van der Waals surface area contributed by atoms with Crippen molar-refractivity contribution < 1.29 is 0 Å². The molecule has 4 aromatic rings. The van der Waals surface area contributed by atoms with E-state index in [2.05, 4.69) is 41.0 Å². The van der Waals surface area contributed by atoms with Crippen molar-refractivity contribution in [1.82, 2.24) is 23.9 Å². The molecule has 3 heterocycles. The quantitative estimate of drug-likeness (QED) is 0.519. The number of aromatic amines is 1. The summed E-state index contributed by atoms with van der Waals surface area (Å²) in [6.07, 6.45) is 4.10. The van der Waals surface area contributed by atoms with Gasteiger partial charge in [0.2, 0.25) is 0 Å². The summed E-state index contributed by atoms with van der Waals surface area (Å²) in [6.45, 7) is 7.15. The van der Waals surface area contributed by atoms with Crippen molar-refractivity contribution in [3.05, 3.63) is 40.9 Å². The van der Waals surface area contributed by atoms with Crippen LogP contribution in [0.3, 0.4) is 0 Å². The molecule has 7 nitrogen and oxygen atoms in total. The van der Waals surface area contributed by atoms with Gasteiger partial charge in [0.15, 0.2) is 11.5 Å². The first kappa shape index (κ1) is 18.1. The summed E-state index contributed by atoms with van der Waals surface area (Å²) in [5, 5.41) is 4.37. The van der Waals surface area contributed by atoms with Crippen LogP contribution in [0, 0.1) is 23.2 Å². The summed E-state index contributed by atoms with van der Waals surface area (Å²) >= 11 is 1.37. The number of hydrogen-bond acceptors (Lipinski definition) is 6. The highest BCUT2D eigenvalue weighted by molar-refractivity contribution is 7.14. The number of anilines is 1. The third-order valence-corrected chi connectivity index (χ3v) is 8.68. The van der Waals surface area contributed by atoms with E-state index in [1.54, 1.807) is 10.3 Å². The Balaban J connectivity index is 1.42. The van der Waals surface area contributed by atoms with Crippen molar-refractivity contribution in [2.24, 2.45) is 23.2 Å². The predicted molar refractivity (Wildman–Crippen MR) is 119 cm³/mol. The average molecular weight is 421 g/mol. The lowest BCUT2D eigenvalue weighted by molar-refractivity contribution is -0.105. The maximum Gasteiger partial charge on any atom is 0.275 e. The van der Waals surface area contributed by atoms with Crippen LogP contribution in [-0.2, 0) is 0 Å². The Labute approximate surface area is 177 Å². The Morgan fingerprint density at radius 2 is 2.07 bits per heavy atom. The number of imidazole rings is 1. The second kappa shape index (κ2) is 6.14. The molecule has 0 spiro atoms. The summed E-state index contributed by atoms with van der Waals surface area (Å²) in [6, 6.07) is 7.96. The number of H-pyrrole nitrogens is 1. The summed E-state index contributed by atoms with van der Waals surface area (Å²) in [5.74, 6) is 3.13. The van der Waals surface area contributed by atoms with Gasteiger partial charge in [0, 0.05) is 6.04 Å². The van der Waals surface area contributed by atoms with Gasteiger partial charge in [0.1, 0.15) is 5.52 Å². The Kier molecular flexibility index (Phi) is 3.69. The lowest BCUT2D eigenvalue weighted by Crippen LogP contribution is -2.58. The van der Waals surface area contributed by atoms with E-state index < -0.39 is 0 Å². The van der Waals surface area contributed by atoms with Gasteiger partial charge >= 0.3 is 0 Å². The smallest absolute Gasteiger partial charge is 0.275 e. The highest BCUT2D eigenvalue weighted by Gasteiger charge is 2.56. The van der Waals surface area contributed by atoms with Gasteiger partial charge < -0.3 is 10.3 Å². The summed E-state index contributed by atoms with van der Waals surface area (Å²) in [7, 11) is 0. The van der Waals surface area contributed by atoms with Crippen LogP contribution in [0.4, 0.5) is 5.82 Å². The number of benzene rings is 1. The fourth-order valence-electron chi connectivity index (χ4n) is 5.64. The fourth-order valence-corrected chi connectivity index (χ4v) is 6.57. The number of nitrogens with one attached hydrogen (secondary N) is 2. The number of rotatable bonds is 3. The van der Waals surface area contributed by atoms with Gasteiger partial charge in [-0.2, -0.15) is 13.9 Å². The Hall–Kier alpha value is -2.74. The van der Waals surface area contributed by atoms with Crippen LogP contribution in [0.1, 0.15) is 33.6 Å². The van der Waals surface area contributed by atoms with Crippen LogP contribution in [0.25, 0.3) is 27.2 Å². The summed E-state index contributed by atoms with van der Waals surface area (Å²) < 4.78 is 2.50. The van der Waals surface area contributed by atoms with Gasteiger partial charge in [-0.15, -0.1) is 0 Å². The molecule has 1 aromatic carbocycles. The molecule has 0 saturated heterocycles. The summed E-state index contributed by atoms with van der Waals surface area (Å²) in [5.41, 5.74) is 1.70. The highest BCUT2D eigenvalue weighted by Crippen LogP contribution is 2.61. The molecule has 154 valence electrons. The molecule has 3 fully saturated rings. The molecule has 3 saturated carbocycles. The molecule has 2 unspecified atom stereocenters. The van der Waals surface area contributed by atoms with Crippen LogP contribution in [0.5, 0.6) is 0 Å². The molecule has 4 atom stereocenters. The molecule has 0 amide bonds. The molecule has 30 heavy (non-hydrogen) atoms. The van der Waals surface area contributed by atoms with E-state index in [1.165, 1.54) is 18.0 Å². The van der Waals surface area contributed by atoms with E-state index in [9.17, 15) is 4.79 Å². The van der Waals surface area contributed by atoms with Crippen LogP contribution in [0.2, 0.25) is 0 Å². The van der Waals surface area contributed by atoms with Gasteiger partial charge in [-0.3, -0.25) is 4.79 Å². The number of nitrogens with zero attached hydrogens (tertiary/aromatic N) is 4. The van der Waals surface area contributed by atoms with Gasteiger partial charge in [0.05, 0.1) is 16.4 Å². The Morgan fingerprint density at radius 1 is 1.23 bits per heavy atom. The molecule has 0 aliphatic heterocycles. The van der Waals surface area contributed by atoms with Crippen molar-refractivity contribution in [2.75, 3.05) is 5.32 Å². The van der Waals surface area contributed by atoms with E-state index in [0.717, 1.165) is 28.5 Å². The van der Waals surface area contributed by atoms with Crippen molar-refractivity contribution in [3.8, 4) is 5.95 Å². The lowest BCUT2D eigenvalue weighted by atomic mass is 9.45. The number of fused-ring (bicyclic) bond motifs is 4. The molecule has 2 bridgehead atoms. The molecule has 8 heteroatoms. The molecule has 7 rings (SSSR count). The van der Waals surface area contributed by atoms with E-state index in [4.69, 9.17) is 4.98 Å². The zero-order valence-electron chi connectivity index (χ0n) is 17.2. The molecule has 3 aromatic heterocycles. The zero-order chi connectivity index (χ0) is 20.6. The molecular weight excluding hydrogens is 396 g/mol. The molecule has 2 N–H and O–H groups in total. The first-order valence-electron chi connectivity index (χ1n) is 10.5. The van der Waals surface area contributed by atoms with Crippen LogP contribution in [-0.4, -0.2) is 29.9 Å². The molecule has 0 radical (unpaired) electrons.